The average molecular weight is 319 g/mol. The predicted octanol–water partition coefficient (Wildman–Crippen LogP) is 2.44. The third-order valence-corrected chi connectivity index (χ3v) is 3.81. The van der Waals surface area contributed by atoms with Crippen LogP contribution in [0.25, 0.3) is 22.1 Å². The number of fused-ring (bicyclic) bond motifs is 2. The highest BCUT2D eigenvalue weighted by molar-refractivity contribution is 6.04. The van der Waals surface area contributed by atoms with E-state index in [-0.39, 0.29) is 5.91 Å². The van der Waals surface area contributed by atoms with Crippen molar-refractivity contribution in [3.05, 3.63) is 59.9 Å². The SMILES string of the molecule is CN(Cc1ccc2nonc2c1)C(=O)c1cccc2nccnc12. The Bertz CT molecular complexity index is 1040. The van der Waals surface area contributed by atoms with E-state index in [4.69, 9.17) is 4.63 Å². The Kier molecular flexibility index (Phi) is 3.38. The molecule has 2 aromatic carbocycles. The Labute approximate surface area is 136 Å². The monoisotopic (exact) mass is 319 g/mol. The number of hydrogen-bond acceptors (Lipinski definition) is 6. The Hall–Kier alpha value is -3.35. The van der Waals surface area contributed by atoms with Gasteiger partial charge in [-0.3, -0.25) is 14.8 Å². The van der Waals surface area contributed by atoms with E-state index in [1.165, 1.54) is 0 Å². The Morgan fingerprint density at radius 3 is 2.79 bits per heavy atom. The van der Waals surface area contributed by atoms with Crippen molar-refractivity contribution in [2.75, 3.05) is 7.05 Å². The Morgan fingerprint density at radius 1 is 1.04 bits per heavy atom. The van der Waals surface area contributed by atoms with Crippen molar-refractivity contribution in [3.63, 3.8) is 0 Å². The summed E-state index contributed by atoms with van der Waals surface area (Å²) in [5.41, 5.74) is 4.15. The van der Waals surface area contributed by atoms with Crippen molar-refractivity contribution in [3.8, 4) is 0 Å². The minimum Gasteiger partial charge on any atom is -0.337 e. The fourth-order valence-electron chi connectivity index (χ4n) is 2.64. The summed E-state index contributed by atoms with van der Waals surface area (Å²) in [6, 6.07) is 11.0. The molecule has 0 spiro atoms. The molecular formula is C17H13N5O2. The largest absolute Gasteiger partial charge is 0.337 e. The molecule has 0 atom stereocenters. The number of benzene rings is 2. The molecule has 0 fully saturated rings. The van der Waals surface area contributed by atoms with Crippen LogP contribution >= 0.6 is 0 Å². The minimum atomic E-state index is -0.112. The first-order valence-electron chi connectivity index (χ1n) is 7.39. The maximum atomic E-state index is 12.8. The molecule has 4 aromatic rings. The lowest BCUT2D eigenvalue weighted by molar-refractivity contribution is 0.0787. The maximum absolute atomic E-state index is 12.8. The Morgan fingerprint density at radius 2 is 1.88 bits per heavy atom. The molecule has 0 aliphatic rings. The van der Waals surface area contributed by atoms with Gasteiger partial charge < -0.3 is 4.90 Å². The average Bonchev–Trinajstić information content (AvgIpc) is 3.08. The fourth-order valence-corrected chi connectivity index (χ4v) is 2.64. The lowest BCUT2D eigenvalue weighted by atomic mass is 10.1. The second-order valence-electron chi connectivity index (χ2n) is 5.48. The second-order valence-corrected chi connectivity index (χ2v) is 5.48. The number of carbonyl (C=O) groups excluding carboxylic acids is 1. The van der Waals surface area contributed by atoms with Crippen LogP contribution < -0.4 is 0 Å². The zero-order valence-corrected chi connectivity index (χ0v) is 12.9. The van der Waals surface area contributed by atoms with Crippen LogP contribution in [0.4, 0.5) is 0 Å². The zero-order valence-electron chi connectivity index (χ0n) is 12.9. The van der Waals surface area contributed by atoms with Gasteiger partial charge in [-0.05, 0) is 40.1 Å². The van der Waals surface area contributed by atoms with Crippen molar-refractivity contribution in [1.29, 1.82) is 0 Å². The molecule has 0 saturated heterocycles. The molecule has 2 heterocycles. The van der Waals surface area contributed by atoms with Crippen LogP contribution in [0.2, 0.25) is 0 Å². The van der Waals surface area contributed by atoms with Crippen LogP contribution in [0.1, 0.15) is 15.9 Å². The van der Waals surface area contributed by atoms with E-state index in [0.717, 1.165) is 5.56 Å². The van der Waals surface area contributed by atoms with Gasteiger partial charge in [0, 0.05) is 26.0 Å². The van der Waals surface area contributed by atoms with Crippen LogP contribution in [0.3, 0.4) is 0 Å². The zero-order chi connectivity index (χ0) is 16.5. The summed E-state index contributed by atoms with van der Waals surface area (Å²) in [5.74, 6) is -0.112. The smallest absolute Gasteiger partial charge is 0.256 e. The number of para-hydroxylation sites is 1. The molecule has 0 aliphatic carbocycles. The van der Waals surface area contributed by atoms with E-state index < -0.39 is 0 Å². The molecule has 0 bridgehead atoms. The van der Waals surface area contributed by atoms with E-state index in [2.05, 4.69) is 20.3 Å². The van der Waals surface area contributed by atoms with Crippen molar-refractivity contribution >= 4 is 28.0 Å². The number of nitrogens with zero attached hydrogens (tertiary/aromatic N) is 5. The molecule has 1 amide bonds. The summed E-state index contributed by atoms with van der Waals surface area (Å²) in [6.45, 7) is 0.443. The van der Waals surface area contributed by atoms with Crippen LogP contribution in [0.5, 0.6) is 0 Å². The van der Waals surface area contributed by atoms with Gasteiger partial charge in [0.25, 0.3) is 5.91 Å². The molecule has 7 nitrogen and oxygen atoms in total. The van der Waals surface area contributed by atoms with Crippen molar-refractivity contribution in [2.45, 2.75) is 6.54 Å². The van der Waals surface area contributed by atoms with E-state index in [1.54, 1.807) is 30.4 Å². The van der Waals surface area contributed by atoms with E-state index in [1.807, 2.05) is 30.3 Å². The van der Waals surface area contributed by atoms with Crippen LogP contribution in [-0.4, -0.2) is 38.1 Å². The molecule has 24 heavy (non-hydrogen) atoms. The van der Waals surface area contributed by atoms with Gasteiger partial charge in [-0.1, -0.05) is 12.1 Å². The van der Waals surface area contributed by atoms with Gasteiger partial charge in [-0.15, -0.1) is 0 Å². The minimum absolute atomic E-state index is 0.112. The first-order chi connectivity index (χ1) is 11.7. The van der Waals surface area contributed by atoms with Gasteiger partial charge in [-0.2, -0.15) is 0 Å². The third-order valence-electron chi connectivity index (χ3n) is 3.81. The standard InChI is InChI=1S/C17H13N5O2/c1-22(10-11-5-6-13-15(9-11)21-24-20-13)17(23)12-3-2-4-14-16(12)19-8-7-18-14/h2-9H,10H2,1H3. The lowest BCUT2D eigenvalue weighted by Crippen LogP contribution is -2.26. The molecule has 0 radical (unpaired) electrons. The predicted molar refractivity (Wildman–Crippen MR) is 87.1 cm³/mol. The molecule has 0 aliphatic heterocycles. The number of aromatic nitrogens is 4. The number of carbonyl (C=O) groups is 1. The second kappa shape index (κ2) is 5.69. The normalized spacial score (nSPS) is 11.0. The molecule has 7 heteroatoms. The highest BCUT2D eigenvalue weighted by Gasteiger charge is 2.16. The topological polar surface area (TPSA) is 85.0 Å². The summed E-state index contributed by atoms with van der Waals surface area (Å²) in [5, 5.41) is 7.60. The summed E-state index contributed by atoms with van der Waals surface area (Å²) in [7, 11) is 1.75. The van der Waals surface area contributed by atoms with Crippen molar-refractivity contribution in [1.82, 2.24) is 25.2 Å². The van der Waals surface area contributed by atoms with E-state index in [9.17, 15) is 4.79 Å². The highest BCUT2D eigenvalue weighted by Crippen LogP contribution is 2.18. The van der Waals surface area contributed by atoms with Gasteiger partial charge in [-0.25, -0.2) is 4.63 Å². The fraction of sp³-hybridized carbons (Fsp3) is 0.118. The van der Waals surface area contributed by atoms with Crippen molar-refractivity contribution < 1.29 is 9.42 Å². The highest BCUT2D eigenvalue weighted by atomic mass is 16.6. The first kappa shape index (κ1) is 14.3. The molecule has 0 unspecified atom stereocenters. The van der Waals surface area contributed by atoms with E-state index >= 15 is 0 Å². The van der Waals surface area contributed by atoms with Crippen LogP contribution in [0, 0.1) is 0 Å². The molecule has 0 saturated carbocycles. The quantitative estimate of drug-likeness (QED) is 0.576. The van der Waals surface area contributed by atoms with E-state index in [0.29, 0.717) is 34.2 Å². The summed E-state index contributed by atoms with van der Waals surface area (Å²) in [4.78, 5) is 22.9. The van der Waals surface area contributed by atoms with Crippen molar-refractivity contribution in [2.24, 2.45) is 0 Å². The summed E-state index contributed by atoms with van der Waals surface area (Å²) >= 11 is 0. The van der Waals surface area contributed by atoms with Crippen LogP contribution in [-0.2, 0) is 6.54 Å². The van der Waals surface area contributed by atoms with Gasteiger partial charge in [0.05, 0.1) is 11.1 Å². The lowest BCUT2D eigenvalue weighted by Gasteiger charge is -2.18. The number of amides is 1. The number of hydrogen-bond donors (Lipinski definition) is 0. The molecular weight excluding hydrogens is 306 g/mol. The summed E-state index contributed by atoms with van der Waals surface area (Å²) < 4.78 is 4.69. The Balaban J connectivity index is 1.63. The molecule has 0 N–H and O–H groups in total. The number of rotatable bonds is 3. The maximum Gasteiger partial charge on any atom is 0.256 e. The van der Waals surface area contributed by atoms with Crippen LogP contribution in [0.15, 0.2) is 53.4 Å². The molecule has 2 aromatic heterocycles. The van der Waals surface area contributed by atoms with Gasteiger partial charge >= 0.3 is 0 Å². The first-order valence-corrected chi connectivity index (χ1v) is 7.39. The third kappa shape index (κ3) is 2.45. The van der Waals surface area contributed by atoms with Gasteiger partial charge in [0.2, 0.25) is 0 Å². The van der Waals surface area contributed by atoms with Gasteiger partial charge in [0.1, 0.15) is 16.6 Å². The summed E-state index contributed by atoms with van der Waals surface area (Å²) in [6.07, 6.45) is 3.20. The van der Waals surface area contributed by atoms with Gasteiger partial charge in [0.15, 0.2) is 0 Å². The molecule has 118 valence electrons. The molecule has 4 rings (SSSR count).